The van der Waals surface area contributed by atoms with Gasteiger partial charge in [-0.05, 0) is 69.4 Å². The Morgan fingerprint density at radius 3 is 2.27 bits per heavy atom. The summed E-state index contributed by atoms with van der Waals surface area (Å²) in [6.07, 6.45) is 5.50. The zero-order chi connectivity index (χ0) is 24.0. The van der Waals surface area contributed by atoms with Gasteiger partial charge >= 0.3 is 0 Å². The molecule has 2 aromatic rings. The number of nitrogens with one attached hydrogen (secondary N) is 1. The lowest BCUT2D eigenvalue weighted by molar-refractivity contribution is -0.142. The molecule has 5 nitrogen and oxygen atoms in total. The first-order chi connectivity index (χ1) is 15.7. The Hall–Kier alpha value is -2.53. The van der Waals surface area contributed by atoms with E-state index < -0.39 is 6.04 Å². The first kappa shape index (κ1) is 25.1. The van der Waals surface area contributed by atoms with Crippen molar-refractivity contribution in [3.63, 3.8) is 0 Å². The fourth-order valence-electron chi connectivity index (χ4n) is 4.26. The molecule has 1 N–H and O–H groups in total. The van der Waals surface area contributed by atoms with E-state index in [4.69, 9.17) is 16.3 Å². The van der Waals surface area contributed by atoms with Gasteiger partial charge in [-0.25, -0.2) is 0 Å². The molecule has 0 bridgehead atoms. The van der Waals surface area contributed by atoms with E-state index in [1.807, 2.05) is 57.2 Å². The van der Waals surface area contributed by atoms with Gasteiger partial charge in [0.2, 0.25) is 5.91 Å². The molecule has 0 saturated heterocycles. The first-order valence-electron chi connectivity index (χ1n) is 11.8. The fraction of sp³-hybridized carbons (Fsp3) is 0.481. The van der Waals surface area contributed by atoms with E-state index in [0.29, 0.717) is 17.3 Å². The van der Waals surface area contributed by atoms with E-state index in [0.717, 1.165) is 47.9 Å². The van der Waals surface area contributed by atoms with Crippen molar-refractivity contribution >= 4 is 23.4 Å². The number of carbonyl (C=O) groups is 2. The second-order valence-corrected chi connectivity index (χ2v) is 9.56. The van der Waals surface area contributed by atoms with Crippen molar-refractivity contribution < 1.29 is 14.3 Å². The van der Waals surface area contributed by atoms with Crippen LogP contribution in [-0.4, -0.2) is 35.4 Å². The van der Waals surface area contributed by atoms with Crippen LogP contribution in [0.5, 0.6) is 5.75 Å². The Labute approximate surface area is 202 Å². The average Bonchev–Trinajstić information content (AvgIpc) is 2.80. The number of aryl methyl sites for hydroxylation is 3. The van der Waals surface area contributed by atoms with Crippen molar-refractivity contribution in [1.29, 1.82) is 0 Å². The van der Waals surface area contributed by atoms with Gasteiger partial charge in [0, 0.05) is 17.6 Å². The van der Waals surface area contributed by atoms with E-state index in [2.05, 4.69) is 5.32 Å². The Morgan fingerprint density at radius 1 is 1.06 bits per heavy atom. The van der Waals surface area contributed by atoms with Crippen LogP contribution in [0.1, 0.15) is 61.3 Å². The maximum absolute atomic E-state index is 13.3. The molecule has 2 aromatic carbocycles. The molecule has 0 spiro atoms. The average molecular weight is 471 g/mol. The Balaban J connectivity index is 1.72. The number of carbonyl (C=O) groups excluding carboxylic acids is 2. The smallest absolute Gasteiger partial charge is 0.261 e. The molecule has 3 rings (SSSR count). The maximum atomic E-state index is 13.3. The van der Waals surface area contributed by atoms with Crippen LogP contribution in [0.2, 0.25) is 5.02 Å². The number of hydrogen-bond acceptors (Lipinski definition) is 3. The minimum atomic E-state index is -0.599. The normalized spacial score (nSPS) is 15.1. The fourth-order valence-corrected chi connectivity index (χ4v) is 4.37. The van der Waals surface area contributed by atoms with Crippen LogP contribution in [0.3, 0.4) is 0 Å². The Morgan fingerprint density at radius 2 is 1.67 bits per heavy atom. The summed E-state index contributed by atoms with van der Waals surface area (Å²) in [4.78, 5) is 27.9. The molecule has 2 amide bonds. The van der Waals surface area contributed by atoms with Gasteiger partial charge in [0.1, 0.15) is 11.8 Å². The molecule has 6 heteroatoms. The lowest BCUT2D eigenvalue weighted by Gasteiger charge is -2.31. The van der Waals surface area contributed by atoms with Crippen LogP contribution in [0.25, 0.3) is 0 Å². The minimum absolute atomic E-state index is 0.111. The molecule has 0 aromatic heterocycles. The number of nitrogens with zero attached hydrogens (tertiary/aromatic N) is 1. The van der Waals surface area contributed by atoms with Crippen molar-refractivity contribution in [2.45, 2.75) is 78.4 Å². The second kappa shape index (κ2) is 11.6. The van der Waals surface area contributed by atoms with Crippen LogP contribution < -0.4 is 10.1 Å². The molecule has 33 heavy (non-hydrogen) atoms. The molecule has 1 atom stereocenters. The van der Waals surface area contributed by atoms with E-state index in [-0.39, 0.29) is 24.5 Å². The quantitative estimate of drug-likeness (QED) is 0.553. The van der Waals surface area contributed by atoms with Crippen molar-refractivity contribution in [3.05, 3.63) is 63.7 Å². The molecular formula is C27H35ClN2O3. The van der Waals surface area contributed by atoms with E-state index in [1.54, 1.807) is 11.8 Å². The number of halogens is 1. The van der Waals surface area contributed by atoms with Gasteiger partial charge in [0.15, 0.2) is 6.61 Å². The van der Waals surface area contributed by atoms with Crippen molar-refractivity contribution in [2.75, 3.05) is 6.61 Å². The number of ether oxygens (including phenoxy) is 1. The zero-order valence-electron chi connectivity index (χ0n) is 20.1. The molecule has 1 aliphatic rings. The SMILES string of the molecule is Cc1ccc(CN(C(=O)COc2cc(C)c(Cl)c(C)c2)[C@H](C)C(=O)NC2CCCCC2)cc1. The summed E-state index contributed by atoms with van der Waals surface area (Å²) in [6.45, 7) is 7.84. The molecule has 178 valence electrons. The van der Waals surface area contributed by atoms with E-state index in [9.17, 15) is 9.59 Å². The monoisotopic (exact) mass is 470 g/mol. The standard InChI is InChI=1S/C27H35ClN2O3/c1-18-10-12-22(13-11-18)16-30(21(4)27(32)29-23-8-6-5-7-9-23)25(31)17-33-24-14-19(2)26(28)20(3)15-24/h10-15,21,23H,5-9,16-17H2,1-4H3,(H,29,32)/t21-/m1/s1. The third-order valence-electron chi connectivity index (χ3n) is 6.36. The summed E-state index contributed by atoms with van der Waals surface area (Å²) in [5.41, 5.74) is 3.92. The van der Waals surface area contributed by atoms with Gasteiger partial charge in [0.25, 0.3) is 5.91 Å². The molecule has 0 radical (unpaired) electrons. The van der Waals surface area contributed by atoms with Gasteiger partial charge in [-0.1, -0.05) is 60.7 Å². The van der Waals surface area contributed by atoms with Crippen LogP contribution in [0, 0.1) is 20.8 Å². The topological polar surface area (TPSA) is 58.6 Å². The van der Waals surface area contributed by atoms with Gasteiger partial charge in [0.05, 0.1) is 0 Å². The van der Waals surface area contributed by atoms with Gasteiger partial charge < -0.3 is 15.0 Å². The van der Waals surface area contributed by atoms with Crippen LogP contribution in [0.4, 0.5) is 0 Å². The molecule has 1 aliphatic carbocycles. The van der Waals surface area contributed by atoms with Gasteiger partial charge in [-0.2, -0.15) is 0 Å². The highest BCUT2D eigenvalue weighted by Crippen LogP contribution is 2.26. The first-order valence-corrected chi connectivity index (χ1v) is 12.2. The highest BCUT2D eigenvalue weighted by molar-refractivity contribution is 6.32. The third-order valence-corrected chi connectivity index (χ3v) is 6.96. The van der Waals surface area contributed by atoms with Crippen LogP contribution >= 0.6 is 11.6 Å². The molecule has 1 fully saturated rings. The Kier molecular flexibility index (Phi) is 8.79. The van der Waals surface area contributed by atoms with Crippen molar-refractivity contribution in [1.82, 2.24) is 10.2 Å². The molecule has 1 saturated carbocycles. The van der Waals surface area contributed by atoms with Crippen molar-refractivity contribution in [2.24, 2.45) is 0 Å². The predicted octanol–water partition coefficient (Wildman–Crippen LogP) is 5.51. The highest BCUT2D eigenvalue weighted by atomic mass is 35.5. The number of rotatable bonds is 8. The second-order valence-electron chi connectivity index (χ2n) is 9.19. The van der Waals surface area contributed by atoms with Gasteiger partial charge in [-0.3, -0.25) is 9.59 Å². The number of hydrogen-bond donors (Lipinski definition) is 1. The van der Waals surface area contributed by atoms with Crippen LogP contribution in [0.15, 0.2) is 36.4 Å². The van der Waals surface area contributed by atoms with E-state index in [1.165, 1.54) is 6.42 Å². The minimum Gasteiger partial charge on any atom is -0.484 e. The summed E-state index contributed by atoms with van der Waals surface area (Å²) < 4.78 is 5.82. The molecule has 0 aliphatic heterocycles. The predicted molar refractivity (Wildman–Crippen MR) is 133 cm³/mol. The molecule has 0 unspecified atom stereocenters. The summed E-state index contributed by atoms with van der Waals surface area (Å²) in [5, 5.41) is 3.85. The lowest BCUT2D eigenvalue weighted by Crippen LogP contribution is -2.51. The maximum Gasteiger partial charge on any atom is 0.261 e. The largest absolute Gasteiger partial charge is 0.484 e. The van der Waals surface area contributed by atoms with Crippen LogP contribution in [-0.2, 0) is 16.1 Å². The molecular weight excluding hydrogens is 436 g/mol. The highest BCUT2D eigenvalue weighted by Gasteiger charge is 2.28. The number of benzene rings is 2. The lowest BCUT2D eigenvalue weighted by atomic mass is 9.95. The summed E-state index contributed by atoms with van der Waals surface area (Å²) in [7, 11) is 0. The van der Waals surface area contributed by atoms with Crippen molar-refractivity contribution in [3.8, 4) is 5.75 Å². The molecule has 0 heterocycles. The summed E-state index contributed by atoms with van der Waals surface area (Å²) >= 11 is 6.25. The summed E-state index contributed by atoms with van der Waals surface area (Å²) in [5.74, 6) is 0.255. The Bertz CT molecular complexity index is 945. The third kappa shape index (κ3) is 6.97. The van der Waals surface area contributed by atoms with E-state index >= 15 is 0 Å². The summed E-state index contributed by atoms with van der Waals surface area (Å²) in [6, 6.07) is 11.3. The van der Waals surface area contributed by atoms with Gasteiger partial charge in [-0.15, -0.1) is 0 Å². The number of amides is 2. The zero-order valence-corrected chi connectivity index (χ0v) is 20.9.